The van der Waals surface area contributed by atoms with Gasteiger partial charge in [0, 0.05) is 11.0 Å². The number of Topliss-reactive ketones (excluding diaryl/α,β-unsaturated/α-hetero) is 1. The zero-order chi connectivity index (χ0) is 12.2. The third kappa shape index (κ3) is 2.68. The molecule has 1 rings (SSSR count). The Morgan fingerprint density at radius 1 is 1.38 bits per heavy atom. The Morgan fingerprint density at radius 2 is 2.00 bits per heavy atom. The molecule has 0 saturated carbocycles. The van der Waals surface area contributed by atoms with E-state index in [1.165, 1.54) is 0 Å². The van der Waals surface area contributed by atoms with Crippen molar-refractivity contribution in [2.24, 2.45) is 0 Å². The van der Waals surface area contributed by atoms with Crippen LogP contribution in [0.25, 0.3) is 0 Å². The van der Waals surface area contributed by atoms with Crippen LogP contribution in [0.3, 0.4) is 0 Å². The molecule has 0 spiro atoms. The quantitative estimate of drug-likeness (QED) is 0.738. The second-order valence-corrected chi connectivity index (χ2v) is 4.54. The summed E-state index contributed by atoms with van der Waals surface area (Å²) in [5, 5.41) is 12.2. The van der Waals surface area contributed by atoms with Crippen LogP contribution in [0.15, 0.2) is 24.3 Å². The van der Waals surface area contributed by atoms with E-state index >= 15 is 0 Å². The van der Waals surface area contributed by atoms with E-state index in [1.54, 1.807) is 7.05 Å². The van der Waals surface area contributed by atoms with Gasteiger partial charge in [-0.1, -0.05) is 38.1 Å². The molecule has 3 nitrogen and oxygen atoms in total. The molecule has 16 heavy (non-hydrogen) atoms. The first kappa shape index (κ1) is 12.9. The highest BCUT2D eigenvalue weighted by molar-refractivity contribution is 5.99. The van der Waals surface area contributed by atoms with E-state index in [2.05, 4.69) is 5.32 Å². The van der Waals surface area contributed by atoms with Crippen LogP contribution < -0.4 is 5.32 Å². The summed E-state index contributed by atoms with van der Waals surface area (Å²) in [5.41, 5.74) is 1.20. The summed E-state index contributed by atoms with van der Waals surface area (Å²) in [6, 6.07) is 7.45. The number of benzene rings is 1. The van der Waals surface area contributed by atoms with E-state index in [0.29, 0.717) is 12.1 Å². The summed E-state index contributed by atoms with van der Waals surface area (Å²) in [6.07, 6.45) is 0. The smallest absolute Gasteiger partial charge is 0.176 e. The van der Waals surface area contributed by atoms with Gasteiger partial charge in [0.25, 0.3) is 0 Å². The molecule has 1 aromatic rings. The highest BCUT2D eigenvalue weighted by atomic mass is 16.3. The number of ketones is 1. The van der Waals surface area contributed by atoms with Crippen molar-refractivity contribution < 1.29 is 9.90 Å². The maximum atomic E-state index is 11.9. The summed E-state index contributed by atoms with van der Waals surface area (Å²) in [5.74, 6) is 0.0552. The first-order valence-corrected chi connectivity index (χ1v) is 5.41. The standard InChI is InChI=1S/C13H19NO2/c1-13(2,9-15)11-7-5-4-6-10(11)12(16)8-14-3/h4-7,14-15H,8-9H2,1-3H3. The topological polar surface area (TPSA) is 49.3 Å². The number of aliphatic hydroxyl groups is 1. The summed E-state index contributed by atoms with van der Waals surface area (Å²) in [6.45, 7) is 4.20. The van der Waals surface area contributed by atoms with Crippen molar-refractivity contribution in [3.8, 4) is 0 Å². The molecular weight excluding hydrogens is 202 g/mol. The van der Waals surface area contributed by atoms with Crippen molar-refractivity contribution in [1.29, 1.82) is 0 Å². The third-order valence-electron chi connectivity index (χ3n) is 2.69. The molecule has 0 bridgehead atoms. The lowest BCUT2D eigenvalue weighted by molar-refractivity contribution is 0.0990. The first-order chi connectivity index (χ1) is 7.53. The highest BCUT2D eigenvalue weighted by Gasteiger charge is 2.24. The molecule has 0 atom stereocenters. The number of hydrogen-bond donors (Lipinski definition) is 2. The fourth-order valence-electron chi connectivity index (χ4n) is 1.66. The number of carbonyl (C=O) groups is 1. The zero-order valence-electron chi connectivity index (χ0n) is 10.1. The van der Waals surface area contributed by atoms with Gasteiger partial charge in [0.2, 0.25) is 0 Å². The Labute approximate surface area is 96.5 Å². The van der Waals surface area contributed by atoms with Crippen molar-refractivity contribution in [3.63, 3.8) is 0 Å². The third-order valence-corrected chi connectivity index (χ3v) is 2.69. The minimum absolute atomic E-state index is 0.0246. The molecule has 0 aliphatic heterocycles. The van der Waals surface area contributed by atoms with Crippen molar-refractivity contribution in [1.82, 2.24) is 5.32 Å². The molecule has 2 N–H and O–H groups in total. The molecule has 1 aromatic carbocycles. The van der Waals surface area contributed by atoms with Gasteiger partial charge >= 0.3 is 0 Å². The van der Waals surface area contributed by atoms with Gasteiger partial charge in [0.1, 0.15) is 0 Å². The second-order valence-electron chi connectivity index (χ2n) is 4.54. The summed E-state index contributed by atoms with van der Waals surface area (Å²) < 4.78 is 0. The zero-order valence-corrected chi connectivity index (χ0v) is 10.1. The van der Waals surface area contributed by atoms with Crippen LogP contribution in [0, 0.1) is 0 Å². The highest BCUT2D eigenvalue weighted by Crippen LogP contribution is 2.26. The number of nitrogens with one attached hydrogen (secondary N) is 1. The fourth-order valence-corrected chi connectivity index (χ4v) is 1.66. The van der Waals surface area contributed by atoms with E-state index in [9.17, 15) is 9.90 Å². The lowest BCUT2D eigenvalue weighted by Crippen LogP contribution is -2.27. The number of carbonyl (C=O) groups excluding carboxylic acids is 1. The normalized spacial score (nSPS) is 11.5. The molecule has 0 radical (unpaired) electrons. The van der Waals surface area contributed by atoms with E-state index < -0.39 is 0 Å². The average molecular weight is 221 g/mol. The fraction of sp³-hybridized carbons (Fsp3) is 0.462. The van der Waals surface area contributed by atoms with Crippen molar-refractivity contribution >= 4 is 5.78 Å². The van der Waals surface area contributed by atoms with Crippen LogP contribution in [-0.2, 0) is 5.41 Å². The van der Waals surface area contributed by atoms with Gasteiger partial charge in [-0.05, 0) is 12.6 Å². The minimum atomic E-state index is -0.389. The van der Waals surface area contributed by atoms with Gasteiger partial charge in [-0.3, -0.25) is 4.79 Å². The maximum absolute atomic E-state index is 11.9. The van der Waals surface area contributed by atoms with Gasteiger partial charge in [-0.2, -0.15) is 0 Å². The SMILES string of the molecule is CNCC(=O)c1ccccc1C(C)(C)CO. The molecule has 0 unspecified atom stereocenters. The molecular formula is C13H19NO2. The van der Waals surface area contributed by atoms with Crippen molar-refractivity contribution in [2.75, 3.05) is 20.2 Å². The summed E-state index contributed by atoms with van der Waals surface area (Å²) in [4.78, 5) is 11.9. The predicted molar refractivity (Wildman–Crippen MR) is 64.8 cm³/mol. The van der Waals surface area contributed by atoms with E-state index in [4.69, 9.17) is 0 Å². The maximum Gasteiger partial charge on any atom is 0.176 e. The van der Waals surface area contributed by atoms with Crippen LogP contribution in [0.4, 0.5) is 0 Å². The molecule has 0 aliphatic carbocycles. The van der Waals surface area contributed by atoms with Gasteiger partial charge in [-0.25, -0.2) is 0 Å². The summed E-state index contributed by atoms with van der Waals surface area (Å²) in [7, 11) is 1.75. The second kappa shape index (κ2) is 5.23. The molecule has 0 amide bonds. The van der Waals surface area contributed by atoms with Gasteiger partial charge in [0.15, 0.2) is 5.78 Å². The minimum Gasteiger partial charge on any atom is -0.395 e. The Bertz CT molecular complexity index is 372. The molecule has 0 aliphatic rings. The van der Waals surface area contributed by atoms with Gasteiger partial charge in [0.05, 0.1) is 13.2 Å². The number of aliphatic hydroxyl groups excluding tert-OH is 1. The van der Waals surface area contributed by atoms with Gasteiger partial charge in [-0.15, -0.1) is 0 Å². The molecule has 0 aromatic heterocycles. The molecule has 0 heterocycles. The molecule has 3 heteroatoms. The largest absolute Gasteiger partial charge is 0.395 e. The first-order valence-electron chi connectivity index (χ1n) is 5.41. The molecule has 0 fully saturated rings. The van der Waals surface area contributed by atoms with E-state index in [-0.39, 0.29) is 17.8 Å². The van der Waals surface area contributed by atoms with Crippen LogP contribution in [0.5, 0.6) is 0 Å². The van der Waals surface area contributed by atoms with E-state index in [0.717, 1.165) is 5.56 Å². The van der Waals surface area contributed by atoms with E-state index in [1.807, 2.05) is 38.1 Å². The Kier molecular flexibility index (Phi) is 4.21. The Hall–Kier alpha value is -1.19. The van der Waals surface area contributed by atoms with Crippen LogP contribution in [-0.4, -0.2) is 31.1 Å². The van der Waals surface area contributed by atoms with Gasteiger partial charge < -0.3 is 10.4 Å². The van der Waals surface area contributed by atoms with Crippen molar-refractivity contribution in [2.45, 2.75) is 19.3 Å². The monoisotopic (exact) mass is 221 g/mol. The number of rotatable bonds is 5. The average Bonchev–Trinajstić information content (AvgIpc) is 2.29. The summed E-state index contributed by atoms with van der Waals surface area (Å²) >= 11 is 0. The Balaban J connectivity index is 3.15. The lowest BCUT2D eigenvalue weighted by atomic mass is 9.81. The number of likely N-dealkylation sites (N-methyl/N-ethyl adjacent to an activating group) is 1. The van der Waals surface area contributed by atoms with Crippen LogP contribution >= 0.6 is 0 Å². The van der Waals surface area contributed by atoms with Crippen LogP contribution in [0.1, 0.15) is 29.8 Å². The lowest BCUT2D eigenvalue weighted by Gasteiger charge is -2.24. The molecule has 0 saturated heterocycles. The molecule has 88 valence electrons. The predicted octanol–water partition coefficient (Wildman–Crippen LogP) is 1.36. The van der Waals surface area contributed by atoms with Crippen LogP contribution in [0.2, 0.25) is 0 Å². The Morgan fingerprint density at radius 3 is 2.56 bits per heavy atom. The number of hydrogen-bond acceptors (Lipinski definition) is 3. The van der Waals surface area contributed by atoms with Crippen molar-refractivity contribution in [3.05, 3.63) is 35.4 Å².